The summed E-state index contributed by atoms with van der Waals surface area (Å²) in [7, 11) is 1.78. The molecule has 3 nitrogen and oxygen atoms in total. The number of phenols is 1. The van der Waals surface area contributed by atoms with Crippen molar-refractivity contribution in [1.82, 2.24) is 4.90 Å². The van der Waals surface area contributed by atoms with Crippen molar-refractivity contribution >= 4 is 17.5 Å². The molecule has 2 aromatic carbocycles. The number of carbonyl (C=O) groups is 1. The minimum atomic E-state index is -0.0581. The number of aromatic hydroxyl groups is 1. The van der Waals surface area contributed by atoms with Crippen molar-refractivity contribution in [3.63, 3.8) is 0 Å². The van der Waals surface area contributed by atoms with Crippen LogP contribution in [0.4, 0.5) is 0 Å². The molecule has 0 aliphatic heterocycles. The van der Waals surface area contributed by atoms with Gasteiger partial charge in [-0.3, -0.25) is 4.79 Å². The van der Waals surface area contributed by atoms with Crippen molar-refractivity contribution in [2.75, 3.05) is 7.05 Å². The van der Waals surface area contributed by atoms with Gasteiger partial charge in [0.05, 0.1) is 12.5 Å². The topological polar surface area (TPSA) is 40.5 Å². The smallest absolute Gasteiger partial charge is 0.227 e. The van der Waals surface area contributed by atoms with Crippen LogP contribution in [0.3, 0.4) is 0 Å². The number of rotatable bonds is 4. The Bertz CT molecular complexity index is 625. The monoisotopic (exact) mass is 303 g/mol. The van der Waals surface area contributed by atoms with E-state index in [2.05, 4.69) is 0 Å². The zero-order valence-corrected chi connectivity index (χ0v) is 12.8. The quantitative estimate of drug-likeness (QED) is 0.933. The van der Waals surface area contributed by atoms with Crippen LogP contribution in [0.15, 0.2) is 48.5 Å². The Labute approximate surface area is 129 Å². The summed E-state index contributed by atoms with van der Waals surface area (Å²) in [5.74, 6) is 0.247. The number of hydrogen-bond donors (Lipinski definition) is 1. The highest BCUT2D eigenvalue weighted by molar-refractivity contribution is 6.30. The molecule has 1 unspecified atom stereocenters. The molecular formula is C17H18ClNO2. The highest BCUT2D eigenvalue weighted by Gasteiger charge is 2.17. The molecule has 0 spiro atoms. The Morgan fingerprint density at radius 1 is 1.24 bits per heavy atom. The van der Waals surface area contributed by atoms with Crippen molar-refractivity contribution in [2.24, 2.45) is 0 Å². The van der Waals surface area contributed by atoms with Gasteiger partial charge in [-0.1, -0.05) is 35.9 Å². The molecule has 1 atom stereocenters. The summed E-state index contributed by atoms with van der Waals surface area (Å²) in [5, 5.41) is 9.95. The van der Waals surface area contributed by atoms with E-state index in [-0.39, 0.29) is 17.7 Å². The second kappa shape index (κ2) is 6.64. The number of likely N-dealkylation sites (N-methyl/N-ethyl adjacent to an activating group) is 1. The molecule has 0 saturated heterocycles. The van der Waals surface area contributed by atoms with Gasteiger partial charge in [0.15, 0.2) is 0 Å². The van der Waals surface area contributed by atoms with Crippen LogP contribution in [-0.2, 0) is 11.2 Å². The van der Waals surface area contributed by atoms with Gasteiger partial charge in [-0.25, -0.2) is 0 Å². The zero-order chi connectivity index (χ0) is 15.4. The predicted octanol–water partition coefficient (Wildman–Crippen LogP) is 3.81. The van der Waals surface area contributed by atoms with Crippen LogP contribution in [0.25, 0.3) is 0 Å². The van der Waals surface area contributed by atoms with E-state index in [1.165, 1.54) is 0 Å². The SMILES string of the molecule is CC(c1ccc(O)cc1)N(C)C(=O)Cc1cccc(Cl)c1. The van der Waals surface area contributed by atoms with E-state index >= 15 is 0 Å². The van der Waals surface area contributed by atoms with Crippen LogP contribution in [0.2, 0.25) is 5.02 Å². The van der Waals surface area contributed by atoms with E-state index in [9.17, 15) is 9.90 Å². The van der Waals surface area contributed by atoms with Crippen LogP contribution in [0, 0.1) is 0 Å². The third-order valence-electron chi connectivity index (χ3n) is 3.59. The number of amides is 1. The third kappa shape index (κ3) is 3.99. The molecule has 0 aliphatic rings. The molecule has 2 aromatic rings. The van der Waals surface area contributed by atoms with Gasteiger partial charge in [-0.15, -0.1) is 0 Å². The highest BCUT2D eigenvalue weighted by atomic mass is 35.5. The van der Waals surface area contributed by atoms with Gasteiger partial charge in [0.25, 0.3) is 0 Å². The number of halogens is 1. The van der Waals surface area contributed by atoms with Crippen LogP contribution in [0.1, 0.15) is 24.1 Å². The standard InChI is InChI=1S/C17H18ClNO2/c1-12(14-6-8-16(20)9-7-14)19(2)17(21)11-13-4-3-5-15(18)10-13/h3-10,12,20H,11H2,1-2H3. The summed E-state index contributed by atoms with van der Waals surface area (Å²) in [4.78, 5) is 14.0. The number of nitrogens with zero attached hydrogens (tertiary/aromatic N) is 1. The first kappa shape index (κ1) is 15.4. The lowest BCUT2D eigenvalue weighted by atomic mass is 10.1. The number of hydrogen-bond acceptors (Lipinski definition) is 2. The van der Waals surface area contributed by atoms with Gasteiger partial charge in [0, 0.05) is 12.1 Å². The Hall–Kier alpha value is -2.00. The number of carbonyl (C=O) groups excluding carboxylic acids is 1. The molecule has 2 rings (SSSR count). The molecule has 0 radical (unpaired) electrons. The van der Waals surface area contributed by atoms with E-state index in [4.69, 9.17) is 11.6 Å². The minimum Gasteiger partial charge on any atom is -0.508 e. The normalized spacial score (nSPS) is 12.0. The number of benzene rings is 2. The first-order valence-electron chi connectivity index (χ1n) is 6.76. The summed E-state index contributed by atoms with van der Waals surface area (Å²) < 4.78 is 0. The minimum absolute atomic E-state index is 0.0258. The van der Waals surface area contributed by atoms with Crippen molar-refractivity contribution in [1.29, 1.82) is 0 Å². The maximum Gasteiger partial charge on any atom is 0.227 e. The van der Waals surface area contributed by atoms with E-state index in [1.807, 2.05) is 31.2 Å². The average molecular weight is 304 g/mol. The van der Waals surface area contributed by atoms with Crippen LogP contribution >= 0.6 is 11.6 Å². The highest BCUT2D eigenvalue weighted by Crippen LogP contribution is 2.22. The van der Waals surface area contributed by atoms with Gasteiger partial charge in [-0.2, -0.15) is 0 Å². The number of phenolic OH excluding ortho intramolecular Hbond substituents is 1. The van der Waals surface area contributed by atoms with E-state index in [0.717, 1.165) is 11.1 Å². The zero-order valence-electron chi connectivity index (χ0n) is 12.1. The van der Waals surface area contributed by atoms with Crippen LogP contribution < -0.4 is 0 Å². The van der Waals surface area contributed by atoms with Gasteiger partial charge in [-0.05, 0) is 42.3 Å². The molecule has 4 heteroatoms. The summed E-state index contributed by atoms with van der Waals surface area (Å²) in [6.07, 6.45) is 0.319. The molecule has 0 bridgehead atoms. The molecule has 0 heterocycles. The van der Waals surface area contributed by atoms with Gasteiger partial charge < -0.3 is 10.0 Å². The maximum atomic E-state index is 12.3. The second-order valence-electron chi connectivity index (χ2n) is 5.08. The van der Waals surface area contributed by atoms with Gasteiger partial charge in [0.1, 0.15) is 5.75 Å². The maximum absolute atomic E-state index is 12.3. The largest absolute Gasteiger partial charge is 0.508 e. The molecule has 0 aliphatic carbocycles. The van der Waals surface area contributed by atoms with E-state index in [0.29, 0.717) is 11.4 Å². The molecule has 0 fully saturated rings. The van der Waals surface area contributed by atoms with E-state index in [1.54, 1.807) is 36.2 Å². The molecular weight excluding hydrogens is 286 g/mol. The summed E-state index contributed by atoms with van der Waals surface area (Å²) in [5.41, 5.74) is 1.88. The van der Waals surface area contributed by atoms with Gasteiger partial charge in [0.2, 0.25) is 5.91 Å². The molecule has 110 valence electrons. The molecule has 0 saturated carbocycles. The van der Waals surface area contributed by atoms with Crippen LogP contribution in [0.5, 0.6) is 5.75 Å². The molecule has 1 N–H and O–H groups in total. The molecule has 0 aromatic heterocycles. The van der Waals surface area contributed by atoms with Gasteiger partial charge >= 0.3 is 0 Å². The Morgan fingerprint density at radius 2 is 1.90 bits per heavy atom. The fourth-order valence-electron chi connectivity index (χ4n) is 2.14. The lowest BCUT2D eigenvalue weighted by Gasteiger charge is -2.25. The fourth-order valence-corrected chi connectivity index (χ4v) is 2.35. The molecule has 1 amide bonds. The lowest BCUT2D eigenvalue weighted by Crippen LogP contribution is -2.30. The summed E-state index contributed by atoms with van der Waals surface area (Å²) >= 11 is 5.93. The van der Waals surface area contributed by atoms with Crippen molar-refractivity contribution in [2.45, 2.75) is 19.4 Å². The average Bonchev–Trinajstić information content (AvgIpc) is 2.46. The fraction of sp³-hybridized carbons (Fsp3) is 0.235. The Balaban J connectivity index is 2.06. The van der Waals surface area contributed by atoms with Crippen molar-refractivity contribution in [3.8, 4) is 5.75 Å². The van der Waals surface area contributed by atoms with Crippen molar-refractivity contribution in [3.05, 3.63) is 64.7 Å². The third-order valence-corrected chi connectivity index (χ3v) is 3.83. The first-order valence-corrected chi connectivity index (χ1v) is 7.14. The molecule has 21 heavy (non-hydrogen) atoms. The second-order valence-corrected chi connectivity index (χ2v) is 5.52. The van der Waals surface area contributed by atoms with E-state index < -0.39 is 0 Å². The Kier molecular flexibility index (Phi) is 4.86. The van der Waals surface area contributed by atoms with Crippen LogP contribution in [-0.4, -0.2) is 23.0 Å². The first-order chi connectivity index (χ1) is 9.97. The lowest BCUT2D eigenvalue weighted by molar-refractivity contribution is -0.131. The Morgan fingerprint density at radius 3 is 2.52 bits per heavy atom. The van der Waals surface area contributed by atoms with Crippen molar-refractivity contribution < 1.29 is 9.90 Å². The summed E-state index contributed by atoms with van der Waals surface area (Å²) in [6.45, 7) is 1.96. The predicted molar refractivity (Wildman–Crippen MR) is 84.4 cm³/mol. The summed E-state index contributed by atoms with van der Waals surface area (Å²) in [6, 6.07) is 14.2.